The molecule has 1 atom stereocenters. The fourth-order valence-electron chi connectivity index (χ4n) is 3.69. The Hall–Kier alpha value is -3.96. The zero-order valence-electron chi connectivity index (χ0n) is 17.8. The molecule has 3 N–H and O–H groups in total. The van der Waals surface area contributed by atoms with E-state index < -0.39 is 0 Å². The van der Waals surface area contributed by atoms with Gasteiger partial charge in [-0.3, -0.25) is 9.59 Å². The minimum absolute atomic E-state index is 0.0107. The van der Waals surface area contributed by atoms with E-state index in [9.17, 15) is 9.59 Å². The molecule has 4 aromatic carbocycles. The number of amides is 2. The Morgan fingerprint density at radius 3 is 2.28 bits per heavy atom. The lowest BCUT2D eigenvalue weighted by Crippen LogP contribution is -2.30. The first kappa shape index (κ1) is 21.3. The Labute approximate surface area is 187 Å². The summed E-state index contributed by atoms with van der Waals surface area (Å²) in [6.07, 6.45) is 0. The summed E-state index contributed by atoms with van der Waals surface area (Å²) in [4.78, 5) is 25.4. The highest BCUT2D eigenvalue weighted by Gasteiger charge is 2.15. The summed E-state index contributed by atoms with van der Waals surface area (Å²) < 4.78 is 0. The number of nitrogens with one attached hydrogen (secondary N) is 3. The maximum Gasteiger partial charge on any atom is 0.257 e. The van der Waals surface area contributed by atoms with Crippen LogP contribution in [0.4, 0.5) is 11.4 Å². The predicted molar refractivity (Wildman–Crippen MR) is 130 cm³/mol. The Balaban J connectivity index is 1.41. The molecule has 4 rings (SSSR count). The SMILES string of the molecule is C[C@H](NCC(=O)Nc1ccccc1C(=O)Nc1ccccc1)c1cccc2ccccc12. The van der Waals surface area contributed by atoms with Crippen molar-refractivity contribution < 1.29 is 9.59 Å². The summed E-state index contributed by atoms with van der Waals surface area (Å²) in [5.41, 5.74) is 2.72. The maximum absolute atomic E-state index is 12.7. The van der Waals surface area contributed by atoms with Crippen LogP contribution in [0.1, 0.15) is 28.9 Å². The fraction of sp³-hybridized carbons (Fsp3) is 0.111. The molecular formula is C27H25N3O2. The van der Waals surface area contributed by atoms with E-state index in [0.717, 1.165) is 5.56 Å². The predicted octanol–water partition coefficient (Wildman–Crippen LogP) is 5.38. The van der Waals surface area contributed by atoms with Crippen LogP contribution in [0.2, 0.25) is 0 Å². The minimum Gasteiger partial charge on any atom is -0.324 e. The molecule has 5 nitrogen and oxygen atoms in total. The summed E-state index contributed by atoms with van der Waals surface area (Å²) in [7, 11) is 0. The highest BCUT2D eigenvalue weighted by Crippen LogP contribution is 2.24. The number of rotatable bonds is 7. The smallest absolute Gasteiger partial charge is 0.257 e. The minimum atomic E-state index is -0.274. The van der Waals surface area contributed by atoms with Crippen molar-refractivity contribution in [2.24, 2.45) is 0 Å². The maximum atomic E-state index is 12.7. The zero-order chi connectivity index (χ0) is 22.3. The Morgan fingerprint density at radius 1 is 0.750 bits per heavy atom. The third kappa shape index (κ3) is 5.02. The van der Waals surface area contributed by atoms with E-state index >= 15 is 0 Å². The molecule has 0 aliphatic rings. The molecule has 32 heavy (non-hydrogen) atoms. The second kappa shape index (κ2) is 9.90. The van der Waals surface area contributed by atoms with Gasteiger partial charge in [-0.2, -0.15) is 0 Å². The van der Waals surface area contributed by atoms with Gasteiger partial charge in [0, 0.05) is 11.7 Å². The summed E-state index contributed by atoms with van der Waals surface area (Å²) >= 11 is 0. The second-order valence-electron chi connectivity index (χ2n) is 7.58. The summed E-state index contributed by atoms with van der Waals surface area (Å²) in [5, 5.41) is 11.3. The number of carbonyl (C=O) groups is 2. The van der Waals surface area contributed by atoms with Gasteiger partial charge in [-0.15, -0.1) is 0 Å². The van der Waals surface area contributed by atoms with Crippen molar-refractivity contribution >= 4 is 34.0 Å². The van der Waals surface area contributed by atoms with Crippen LogP contribution in [0, 0.1) is 0 Å². The van der Waals surface area contributed by atoms with Crippen LogP contribution in [0.15, 0.2) is 97.1 Å². The normalized spacial score (nSPS) is 11.7. The van der Waals surface area contributed by atoms with Crippen molar-refractivity contribution in [1.29, 1.82) is 0 Å². The van der Waals surface area contributed by atoms with Crippen molar-refractivity contribution in [3.05, 3.63) is 108 Å². The van der Waals surface area contributed by atoms with Crippen LogP contribution in [0.5, 0.6) is 0 Å². The lowest BCUT2D eigenvalue weighted by atomic mass is 10.00. The molecule has 0 fully saturated rings. The van der Waals surface area contributed by atoms with E-state index in [1.54, 1.807) is 24.3 Å². The van der Waals surface area contributed by atoms with E-state index in [0.29, 0.717) is 16.9 Å². The molecule has 0 aliphatic carbocycles. The zero-order valence-corrected chi connectivity index (χ0v) is 17.8. The molecule has 0 bridgehead atoms. The van der Waals surface area contributed by atoms with Gasteiger partial charge < -0.3 is 16.0 Å². The monoisotopic (exact) mass is 423 g/mol. The van der Waals surface area contributed by atoms with Gasteiger partial charge in [0.15, 0.2) is 0 Å². The van der Waals surface area contributed by atoms with Crippen LogP contribution in [0.25, 0.3) is 10.8 Å². The summed E-state index contributed by atoms with van der Waals surface area (Å²) in [6, 6.07) is 30.6. The van der Waals surface area contributed by atoms with Gasteiger partial charge in [0.25, 0.3) is 5.91 Å². The van der Waals surface area contributed by atoms with Crippen LogP contribution >= 0.6 is 0 Å². The van der Waals surface area contributed by atoms with Gasteiger partial charge in [-0.25, -0.2) is 0 Å². The molecule has 0 spiro atoms. The van der Waals surface area contributed by atoms with Gasteiger partial charge in [0.1, 0.15) is 0 Å². The molecule has 0 saturated heterocycles. The van der Waals surface area contributed by atoms with Crippen molar-refractivity contribution in [3.63, 3.8) is 0 Å². The number of para-hydroxylation sites is 2. The average molecular weight is 424 g/mol. The molecule has 4 aromatic rings. The molecule has 160 valence electrons. The van der Waals surface area contributed by atoms with Crippen LogP contribution in [-0.2, 0) is 4.79 Å². The topological polar surface area (TPSA) is 70.2 Å². The molecule has 0 saturated carbocycles. The van der Waals surface area contributed by atoms with E-state index in [1.165, 1.54) is 10.8 Å². The quantitative estimate of drug-likeness (QED) is 0.374. The Bertz CT molecular complexity index is 1230. The highest BCUT2D eigenvalue weighted by molar-refractivity contribution is 6.10. The third-order valence-electron chi connectivity index (χ3n) is 5.34. The lowest BCUT2D eigenvalue weighted by Gasteiger charge is -2.17. The van der Waals surface area contributed by atoms with Gasteiger partial charge in [0.2, 0.25) is 5.91 Å². The number of benzene rings is 4. The van der Waals surface area contributed by atoms with Gasteiger partial charge in [-0.1, -0.05) is 72.8 Å². The first-order valence-corrected chi connectivity index (χ1v) is 10.6. The molecule has 0 heterocycles. The Kier molecular flexibility index (Phi) is 6.58. The van der Waals surface area contributed by atoms with Crippen molar-refractivity contribution in [3.8, 4) is 0 Å². The first-order chi connectivity index (χ1) is 15.6. The third-order valence-corrected chi connectivity index (χ3v) is 5.34. The molecule has 0 radical (unpaired) electrons. The average Bonchev–Trinajstić information content (AvgIpc) is 2.83. The van der Waals surface area contributed by atoms with Gasteiger partial charge in [0.05, 0.1) is 17.8 Å². The molecule has 0 unspecified atom stereocenters. The molecule has 2 amide bonds. The molecule has 0 aromatic heterocycles. The van der Waals surface area contributed by atoms with Crippen molar-refractivity contribution in [2.75, 3.05) is 17.2 Å². The van der Waals surface area contributed by atoms with Gasteiger partial charge >= 0.3 is 0 Å². The van der Waals surface area contributed by atoms with Crippen LogP contribution in [0.3, 0.4) is 0 Å². The molecule has 0 aliphatic heterocycles. The molecule has 5 heteroatoms. The number of anilines is 2. The number of fused-ring (bicyclic) bond motifs is 1. The van der Waals surface area contributed by atoms with E-state index in [-0.39, 0.29) is 24.4 Å². The van der Waals surface area contributed by atoms with Crippen LogP contribution < -0.4 is 16.0 Å². The van der Waals surface area contributed by atoms with Crippen LogP contribution in [-0.4, -0.2) is 18.4 Å². The van der Waals surface area contributed by atoms with Crippen molar-refractivity contribution in [1.82, 2.24) is 5.32 Å². The highest BCUT2D eigenvalue weighted by atomic mass is 16.2. The largest absolute Gasteiger partial charge is 0.324 e. The first-order valence-electron chi connectivity index (χ1n) is 10.6. The number of hydrogen-bond donors (Lipinski definition) is 3. The standard InChI is InChI=1S/C27H25N3O2/c1-19(22-16-9-11-20-10-5-6-14-23(20)22)28-18-26(31)30-25-17-8-7-15-24(25)27(32)29-21-12-3-2-4-13-21/h2-17,19,28H,18H2,1H3,(H,29,32)(H,30,31)/t19-/m0/s1. The summed E-state index contributed by atoms with van der Waals surface area (Å²) in [6.45, 7) is 2.16. The number of carbonyl (C=O) groups excluding carboxylic acids is 2. The summed E-state index contributed by atoms with van der Waals surface area (Å²) in [5.74, 6) is -0.485. The number of hydrogen-bond acceptors (Lipinski definition) is 3. The van der Waals surface area contributed by atoms with E-state index in [2.05, 4.69) is 40.2 Å². The van der Waals surface area contributed by atoms with E-state index in [1.807, 2.05) is 55.5 Å². The lowest BCUT2D eigenvalue weighted by molar-refractivity contribution is -0.115. The van der Waals surface area contributed by atoms with Gasteiger partial charge in [-0.05, 0) is 47.5 Å². The van der Waals surface area contributed by atoms with Crippen molar-refractivity contribution in [2.45, 2.75) is 13.0 Å². The molecular weight excluding hydrogens is 398 g/mol. The Morgan fingerprint density at radius 2 is 1.44 bits per heavy atom. The second-order valence-corrected chi connectivity index (χ2v) is 7.58. The fourth-order valence-corrected chi connectivity index (χ4v) is 3.69. The van der Waals surface area contributed by atoms with E-state index in [4.69, 9.17) is 0 Å².